The second kappa shape index (κ2) is 8.39. The molecule has 2 heterocycles. The van der Waals surface area contributed by atoms with Crippen LogP contribution in [-0.2, 0) is 16.6 Å². The Morgan fingerprint density at radius 2 is 2.22 bits per heavy atom. The van der Waals surface area contributed by atoms with Gasteiger partial charge in [-0.15, -0.1) is 11.3 Å². The zero-order valence-electron chi connectivity index (χ0n) is 14.9. The molecule has 1 saturated heterocycles. The number of carboxylic acid groups (broad SMARTS) is 1. The monoisotopic (exact) mass is 410 g/mol. The van der Waals surface area contributed by atoms with E-state index in [0.717, 1.165) is 32.0 Å². The fourth-order valence-electron chi connectivity index (χ4n) is 3.22. The third-order valence-corrected chi connectivity index (χ3v) is 6.89. The van der Waals surface area contributed by atoms with E-state index in [2.05, 4.69) is 15.7 Å². The number of nitrogens with zero attached hydrogens (tertiary/aromatic N) is 1. The van der Waals surface area contributed by atoms with E-state index in [4.69, 9.17) is 9.84 Å². The van der Waals surface area contributed by atoms with Crippen molar-refractivity contribution in [2.24, 2.45) is 0 Å². The molecule has 1 aromatic heterocycles. The molecular formula is C18H22N2O5S2. The Labute approximate surface area is 162 Å². The highest BCUT2D eigenvalue weighted by molar-refractivity contribution is 7.89. The van der Waals surface area contributed by atoms with Gasteiger partial charge in [-0.05, 0) is 49.0 Å². The second-order valence-corrected chi connectivity index (χ2v) is 9.16. The highest BCUT2D eigenvalue weighted by atomic mass is 32.2. The number of hydrogen-bond acceptors (Lipinski definition) is 6. The zero-order valence-corrected chi connectivity index (χ0v) is 16.6. The SMILES string of the molecule is COc1ccc(C(=O)O)cc1S(=O)(=O)N[C@H]1CCCN(Cc2cccs2)C1. The molecule has 1 aromatic carbocycles. The van der Waals surface area contributed by atoms with E-state index in [1.54, 1.807) is 11.3 Å². The molecule has 0 bridgehead atoms. The summed E-state index contributed by atoms with van der Waals surface area (Å²) < 4.78 is 33.6. The highest BCUT2D eigenvalue weighted by Crippen LogP contribution is 2.26. The van der Waals surface area contributed by atoms with E-state index in [0.29, 0.717) is 6.54 Å². The van der Waals surface area contributed by atoms with Gasteiger partial charge in [-0.3, -0.25) is 4.90 Å². The van der Waals surface area contributed by atoms with Crippen LogP contribution in [0.15, 0.2) is 40.6 Å². The maximum atomic E-state index is 12.9. The molecular weight excluding hydrogens is 388 g/mol. The van der Waals surface area contributed by atoms with Crippen molar-refractivity contribution in [3.8, 4) is 5.75 Å². The van der Waals surface area contributed by atoms with Crippen molar-refractivity contribution in [1.82, 2.24) is 9.62 Å². The summed E-state index contributed by atoms with van der Waals surface area (Å²) in [4.78, 5) is 14.5. The lowest BCUT2D eigenvalue weighted by Crippen LogP contribution is -2.47. The summed E-state index contributed by atoms with van der Waals surface area (Å²) in [5.41, 5.74) is -0.0980. The van der Waals surface area contributed by atoms with Crippen molar-refractivity contribution >= 4 is 27.3 Å². The van der Waals surface area contributed by atoms with Crippen LogP contribution < -0.4 is 9.46 Å². The van der Waals surface area contributed by atoms with Crippen molar-refractivity contribution < 1.29 is 23.1 Å². The lowest BCUT2D eigenvalue weighted by atomic mass is 10.1. The van der Waals surface area contributed by atoms with Gasteiger partial charge in [-0.25, -0.2) is 17.9 Å². The zero-order chi connectivity index (χ0) is 19.4. The average Bonchev–Trinajstić information content (AvgIpc) is 3.14. The minimum absolute atomic E-state index is 0.0980. The number of aromatic carboxylic acids is 1. The summed E-state index contributed by atoms with van der Waals surface area (Å²) >= 11 is 1.68. The second-order valence-electron chi connectivity index (χ2n) is 6.45. The Morgan fingerprint density at radius 1 is 1.41 bits per heavy atom. The molecule has 7 nitrogen and oxygen atoms in total. The molecule has 0 amide bonds. The molecule has 0 saturated carbocycles. The molecule has 146 valence electrons. The number of carboxylic acids is 1. The topological polar surface area (TPSA) is 95.9 Å². The smallest absolute Gasteiger partial charge is 0.335 e. The molecule has 9 heteroatoms. The molecule has 2 N–H and O–H groups in total. The number of methoxy groups -OCH3 is 1. The first kappa shape index (κ1) is 19.8. The van der Waals surface area contributed by atoms with Gasteiger partial charge in [-0.2, -0.15) is 0 Å². The van der Waals surface area contributed by atoms with Gasteiger partial charge in [0.2, 0.25) is 10.0 Å². The molecule has 2 aromatic rings. The maximum absolute atomic E-state index is 12.9. The molecule has 27 heavy (non-hydrogen) atoms. The van der Waals surface area contributed by atoms with Crippen LogP contribution in [0.2, 0.25) is 0 Å². The largest absolute Gasteiger partial charge is 0.495 e. The number of benzene rings is 1. The number of hydrogen-bond donors (Lipinski definition) is 2. The van der Waals surface area contributed by atoms with Crippen molar-refractivity contribution in [1.29, 1.82) is 0 Å². The van der Waals surface area contributed by atoms with Crippen molar-refractivity contribution in [3.05, 3.63) is 46.2 Å². The molecule has 3 rings (SSSR count). The lowest BCUT2D eigenvalue weighted by Gasteiger charge is -2.32. The summed E-state index contributed by atoms with van der Waals surface area (Å²) in [6, 6.07) is 7.66. The van der Waals surface area contributed by atoms with Crippen LogP contribution in [0.1, 0.15) is 28.1 Å². The fourth-order valence-corrected chi connectivity index (χ4v) is 5.42. The van der Waals surface area contributed by atoms with Gasteiger partial charge in [0.15, 0.2) is 0 Å². The first-order chi connectivity index (χ1) is 12.9. The molecule has 1 aliphatic rings. The summed E-state index contributed by atoms with van der Waals surface area (Å²) in [5.74, 6) is -1.06. The van der Waals surface area contributed by atoms with Crippen LogP contribution in [0, 0.1) is 0 Å². The number of rotatable bonds is 7. The van der Waals surface area contributed by atoms with Gasteiger partial charge in [-0.1, -0.05) is 6.07 Å². The van der Waals surface area contributed by atoms with Crippen LogP contribution in [0.3, 0.4) is 0 Å². The highest BCUT2D eigenvalue weighted by Gasteiger charge is 2.28. The number of sulfonamides is 1. The minimum atomic E-state index is -3.91. The molecule has 1 fully saturated rings. The predicted octanol–water partition coefficient (Wildman–Crippen LogP) is 2.40. The Morgan fingerprint density at radius 3 is 2.89 bits per heavy atom. The average molecular weight is 411 g/mol. The molecule has 1 aliphatic heterocycles. The van der Waals surface area contributed by atoms with Crippen molar-refractivity contribution in [3.63, 3.8) is 0 Å². The number of ether oxygens (including phenoxy) is 1. The summed E-state index contributed by atoms with van der Waals surface area (Å²) in [7, 11) is -2.55. The van der Waals surface area contributed by atoms with Crippen molar-refractivity contribution in [2.75, 3.05) is 20.2 Å². The molecule has 0 aliphatic carbocycles. The van der Waals surface area contributed by atoms with Gasteiger partial charge < -0.3 is 9.84 Å². The number of nitrogens with one attached hydrogen (secondary N) is 1. The van der Waals surface area contributed by atoms with Crippen LogP contribution in [0.25, 0.3) is 0 Å². The molecule has 0 radical (unpaired) electrons. The first-order valence-electron chi connectivity index (χ1n) is 8.57. The van der Waals surface area contributed by atoms with Gasteiger partial charge in [0.05, 0.1) is 12.7 Å². The Hall–Kier alpha value is -1.94. The summed E-state index contributed by atoms with van der Waals surface area (Å²) in [5, 5.41) is 11.2. The number of piperidine rings is 1. The quantitative estimate of drug-likeness (QED) is 0.728. The standard InChI is InChI=1S/C18H22N2O5S2/c1-25-16-7-6-13(18(21)22)10-17(16)27(23,24)19-14-4-2-8-20(11-14)12-15-5-3-9-26-15/h3,5-7,9-10,14,19H,2,4,8,11-12H2,1H3,(H,21,22)/t14-/m0/s1. The Balaban J connectivity index is 1.75. The molecule has 0 spiro atoms. The molecule has 0 unspecified atom stereocenters. The van der Waals surface area contributed by atoms with E-state index in [9.17, 15) is 13.2 Å². The van der Waals surface area contributed by atoms with Crippen LogP contribution in [0.4, 0.5) is 0 Å². The van der Waals surface area contributed by atoms with E-state index in [-0.39, 0.29) is 22.3 Å². The third-order valence-electron chi connectivity index (χ3n) is 4.49. The third kappa shape index (κ3) is 4.86. The van der Waals surface area contributed by atoms with Gasteiger partial charge in [0, 0.05) is 24.0 Å². The number of carbonyl (C=O) groups is 1. The van der Waals surface area contributed by atoms with E-state index in [1.165, 1.54) is 24.1 Å². The minimum Gasteiger partial charge on any atom is -0.495 e. The van der Waals surface area contributed by atoms with E-state index >= 15 is 0 Å². The normalized spacial score (nSPS) is 18.3. The van der Waals surface area contributed by atoms with Crippen LogP contribution in [0.5, 0.6) is 5.75 Å². The van der Waals surface area contributed by atoms with Crippen LogP contribution in [-0.4, -0.2) is 50.6 Å². The van der Waals surface area contributed by atoms with E-state index < -0.39 is 16.0 Å². The van der Waals surface area contributed by atoms with Gasteiger partial charge in [0.1, 0.15) is 10.6 Å². The number of likely N-dealkylation sites (tertiary alicyclic amines) is 1. The van der Waals surface area contributed by atoms with Gasteiger partial charge >= 0.3 is 5.97 Å². The van der Waals surface area contributed by atoms with Gasteiger partial charge in [0.25, 0.3) is 0 Å². The summed E-state index contributed by atoms with van der Waals surface area (Å²) in [6.07, 6.45) is 1.63. The lowest BCUT2D eigenvalue weighted by molar-refractivity contribution is 0.0696. The predicted molar refractivity (Wildman–Crippen MR) is 103 cm³/mol. The Kier molecular flexibility index (Phi) is 6.15. The molecule has 1 atom stereocenters. The summed E-state index contributed by atoms with van der Waals surface area (Å²) in [6.45, 7) is 2.33. The van der Waals surface area contributed by atoms with E-state index in [1.807, 2.05) is 11.4 Å². The fraction of sp³-hybridized carbons (Fsp3) is 0.389. The first-order valence-corrected chi connectivity index (χ1v) is 10.9. The number of thiophene rings is 1. The Bertz CT molecular complexity index is 896. The van der Waals surface area contributed by atoms with Crippen LogP contribution >= 0.6 is 11.3 Å². The maximum Gasteiger partial charge on any atom is 0.335 e. The van der Waals surface area contributed by atoms with Crippen molar-refractivity contribution in [2.45, 2.75) is 30.3 Å².